The van der Waals surface area contributed by atoms with Crippen molar-refractivity contribution in [2.75, 3.05) is 0 Å². The van der Waals surface area contributed by atoms with Crippen molar-refractivity contribution in [3.05, 3.63) is 33.1 Å². The SMILES string of the molecule is O=C(O)[C@@H]1C[C@@H](O)[C@H]2O[C@@H](n3ccc(=O)[nH]c3=O)[C@H](OP(=O)(O)O)[C@@H]2O1. The molecule has 0 radical (unpaired) electrons. The summed E-state index contributed by atoms with van der Waals surface area (Å²) in [6.07, 6.45) is -7.80. The van der Waals surface area contributed by atoms with Crippen LogP contribution < -0.4 is 11.2 Å². The Morgan fingerprint density at radius 1 is 1.31 bits per heavy atom. The molecule has 1 aromatic rings. The number of hydrogen-bond donors (Lipinski definition) is 5. The maximum Gasteiger partial charge on any atom is 0.470 e. The first-order valence-electron chi connectivity index (χ1n) is 7.34. The summed E-state index contributed by atoms with van der Waals surface area (Å²) in [5.74, 6) is -1.39. The van der Waals surface area contributed by atoms with E-state index in [2.05, 4.69) is 4.52 Å². The van der Waals surface area contributed by atoms with E-state index in [1.165, 1.54) is 0 Å². The summed E-state index contributed by atoms with van der Waals surface area (Å²) in [5.41, 5.74) is -1.67. The number of nitrogens with one attached hydrogen (secondary N) is 1. The molecule has 5 N–H and O–H groups in total. The van der Waals surface area contributed by atoms with Gasteiger partial charge >= 0.3 is 19.5 Å². The van der Waals surface area contributed by atoms with E-state index < -0.39 is 61.8 Å². The normalized spacial score (nSPS) is 34.4. The molecule has 0 aliphatic carbocycles. The maximum absolute atomic E-state index is 12.0. The first-order valence-corrected chi connectivity index (χ1v) is 8.87. The fourth-order valence-corrected chi connectivity index (χ4v) is 3.55. The summed E-state index contributed by atoms with van der Waals surface area (Å²) in [6.45, 7) is 0. The molecule has 0 amide bonds. The minimum atomic E-state index is -5.10. The molecule has 2 aliphatic heterocycles. The van der Waals surface area contributed by atoms with Gasteiger partial charge < -0.3 is 29.5 Å². The van der Waals surface area contributed by atoms with Crippen LogP contribution in [-0.2, 0) is 23.4 Å². The second-order valence-electron chi connectivity index (χ2n) is 5.80. The van der Waals surface area contributed by atoms with E-state index in [9.17, 15) is 24.1 Å². The van der Waals surface area contributed by atoms with Crippen molar-refractivity contribution in [3.63, 3.8) is 0 Å². The third kappa shape index (κ3) is 3.64. The first kappa shape index (κ1) is 18.9. The van der Waals surface area contributed by atoms with Crippen molar-refractivity contribution >= 4 is 13.8 Å². The number of H-pyrrole nitrogens is 1. The van der Waals surface area contributed by atoms with Crippen LogP contribution in [-0.4, -0.2) is 66.0 Å². The fourth-order valence-electron chi connectivity index (χ4n) is 3.01. The van der Waals surface area contributed by atoms with Crippen LogP contribution >= 0.6 is 7.82 Å². The van der Waals surface area contributed by atoms with Crippen LogP contribution in [0, 0.1) is 0 Å². The van der Waals surface area contributed by atoms with Crippen LogP contribution in [0.1, 0.15) is 12.6 Å². The number of fused-ring (bicyclic) bond motifs is 1. The molecule has 2 fully saturated rings. The van der Waals surface area contributed by atoms with Crippen molar-refractivity contribution in [3.8, 4) is 0 Å². The Balaban J connectivity index is 2.01. The molecular weight excluding hydrogens is 379 g/mol. The molecule has 1 aromatic heterocycles. The highest BCUT2D eigenvalue weighted by atomic mass is 31.2. The summed E-state index contributed by atoms with van der Waals surface area (Å²) in [6, 6.07) is 0.971. The lowest BCUT2D eigenvalue weighted by molar-refractivity contribution is -0.186. The molecule has 14 heteroatoms. The van der Waals surface area contributed by atoms with Crippen molar-refractivity contribution in [1.29, 1.82) is 0 Å². The number of rotatable bonds is 4. The van der Waals surface area contributed by atoms with E-state index in [0.29, 0.717) is 0 Å². The van der Waals surface area contributed by atoms with E-state index >= 15 is 0 Å². The van der Waals surface area contributed by atoms with Crippen molar-refractivity contribution < 1.29 is 43.4 Å². The summed E-state index contributed by atoms with van der Waals surface area (Å²) in [7, 11) is -5.10. The maximum atomic E-state index is 12.0. The van der Waals surface area contributed by atoms with Gasteiger partial charge in [0.1, 0.15) is 18.3 Å². The van der Waals surface area contributed by atoms with Gasteiger partial charge in [0, 0.05) is 18.7 Å². The third-order valence-corrected chi connectivity index (χ3v) is 4.56. The summed E-state index contributed by atoms with van der Waals surface area (Å²) >= 11 is 0. The Bertz CT molecular complexity index is 859. The predicted molar refractivity (Wildman–Crippen MR) is 79.1 cm³/mol. The molecule has 0 aromatic carbocycles. The largest absolute Gasteiger partial charge is 0.479 e. The molecule has 26 heavy (non-hydrogen) atoms. The highest BCUT2D eigenvalue weighted by molar-refractivity contribution is 7.46. The molecule has 3 rings (SSSR count). The second kappa shape index (κ2) is 6.70. The number of carboxylic acids is 1. The number of nitrogens with zero attached hydrogens (tertiary/aromatic N) is 1. The molecule has 3 heterocycles. The van der Waals surface area contributed by atoms with E-state index in [1.54, 1.807) is 0 Å². The zero-order valence-electron chi connectivity index (χ0n) is 12.9. The standard InChI is InChI=1S/C12H15N2O11P/c15-4-3-5(11(17)18)23-8-7(4)24-10(9(8)25-26(20,21)22)14-2-1-6(16)13-12(14)19/h1-2,4-5,7-10,15H,3H2,(H,17,18)(H,13,16,19)(H2,20,21,22)/t4-,5+,7-,8-,9-,10-/m1/s1. The van der Waals surface area contributed by atoms with Gasteiger partial charge in [0.05, 0.1) is 6.10 Å². The van der Waals surface area contributed by atoms with Crippen LogP contribution in [0.2, 0.25) is 0 Å². The van der Waals surface area contributed by atoms with Gasteiger partial charge in [0.15, 0.2) is 12.3 Å². The summed E-state index contributed by atoms with van der Waals surface area (Å²) < 4.78 is 27.5. The number of phosphoric ester groups is 1. The van der Waals surface area contributed by atoms with Gasteiger partial charge in [-0.2, -0.15) is 0 Å². The Hall–Kier alpha value is -1.86. The molecule has 144 valence electrons. The van der Waals surface area contributed by atoms with Crippen LogP contribution in [0.15, 0.2) is 21.9 Å². The Morgan fingerprint density at radius 2 is 2.00 bits per heavy atom. The zero-order chi connectivity index (χ0) is 19.2. The van der Waals surface area contributed by atoms with Crippen LogP contribution in [0.4, 0.5) is 0 Å². The van der Waals surface area contributed by atoms with Crippen LogP contribution in [0.25, 0.3) is 0 Å². The lowest BCUT2D eigenvalue weighted by Gasteiger charge is -2.34. The van der Waals surface area contributed by atoms with Gasteiger partial charge in [-0.05, 0) is 0 Å². The summed E-state index contributed by atoms with van der Waals surface area (Å²) in [4.78, 5) is 54.6. The molecule has 2 saturated heterocycles. The predicted octanol–water partition coefficient (Wildman–Crippen LogP) is -2.49. The second-order valence-corrected chi connectivity index (χ2v) is 6.99. The van der Waals surface area contributed by atoms with Gasteiger partial charge in [-0.1, -0.05) is 0 Å². The minimum Gasteiger partial charge on any atom is -0.479 e. The lowest BCUT2D eigenvalue weighted by atomic mass is 9.96. The Labute approximate surface area is 144 Å². The topological polar surface area (TPSA) is 198 Å². The van der Waals surface area contributed by atoms with E-state index in [4.69, 9.17) is 24.4 Å². The first-order chi connectivity index (χ1) is 12.1. The molecule has 0 bridgehead atoms. The highest BCUT2D eigenvalue weighted by Crippen LogP contribution is 2.47. The number of hydrogen-bond acceptors (Lipinski definition) is 8. The van der Waals surface area contributed by atoms with Crippen LogP contribution in [0.5, 0.6) is 0 Å². The van der Waals surface area contributed by atoms with Gasteiger partial charge in [-0.3, -0.25) is 18.9 Å². The Morgan fingerprint density at radius 3 is 2.58 bits per heavy atom. The number of aliphatic hydroxyl groups excluding tert-OH is 1. The van der Waals surface area contributed by atoms with Gasteiger partial charge in [-0.15, -0.1) is 0 Å². The quantitative estimate of drug-likeness (QED) is 0.339. The molecule has 6 atom stereocenters. The third-order valence-electron chi connectivity index (χ3n) is 4.04. The molecule has 0 saturated carbocycles. The number of carboxylic acid groups (broad SMARTS) is 1. The number of ether oxygens (including phenoxy) is 2. The number of aliphatic carboxylic acids is 1. The summed E-state index contributed by atoms with van der Waals surface area (Å²) in [5, 5.41) is 19.2. The van der Waals surface area contributed by atoms with Gasteiger partial charge in [-0.25, -0.2) is 14.2 Å². The molecule has 0 spiro atoms. The molecular formula is C12H15N2O11P. The number of aromatic nitrogens is 2. The lowest BCUT2D eigenvalue weighted by Crippen LogP contribution is -2.51. The molecule has 13 nitrogen and oxygen atoms in total. The number of aromatic amines is 1. The van der Waals surface area contributed by atoms with Gasteiger partial charge in [0.25, 0.3) is 5.56 Å². The minimum absolute atomic E-state index is 0.327. The Kier molecular flexibility index (Phi) is 4.88. The van der Waals surface area contributed by atoms with E-state index in [1.807, 2.05) is 4.98 Å². The van der Waals surface area contributed by atoms with Gasteiger partial charge in [0.2, 0.25) is 0 Å². The monoisotopic (exact) mass is 394 g/mol. The number of carbonyl (C=O) groups is 1. The average molecular weight is 394 g/mol. The van der Waals surface area contributed by atoms with Crippen molar-refractivity contribution in [1.82, 2.24) is 9.55 Å². The fraction of sp³-hybridized carbons (Fsp3) is 0.583. The molecule has 0 unspecified atom stereocenters. The zero-order valence-corrected chi connectivity index (χ0v) is 13.8. The molecule has 2 aliphatic rings. The van der Waals surface area contributed by atoms with Crippen molar-refractivity contribution in [2.45, 2.75) is 43.2 Å². The van der Waals surface area contributed by atoms with E-state index in [0.717, 1.165) is 16.8 Å². The highest BCUT2D eigenvalue weighted by Gasteiger charge is 2.56. The van der Waals surface area contributed by atoms with E-state index in [-0.39, 0.29) is 6.42 Å². The number of phosphoric acid groups is 1. The average Bonchev–Trinajstić information content (AvgIpc) is 2.84. The van der Waals surface area contributed by atoms with Crippen molar-refractivity contribution in [2.24, 2.45) is 0 Å². The smallest absolute Gasteiger partial charge is 0.470 e. The van der Waals surface area contributed by atoms with Crippen LogP contribution in [0.3, 0.4) is 0 Å². The number of aliphatic hydroxyl groups is 1.